The molecule has 0 aromatic carbocycles. The second-order valence-corrected chi connectivity index (χ2v) is 4.38. The number of hydrogen-bond acceptors (Lipinski definition) is 3. The van der Waals surface area contributed by atoms with Crippen LogP contribution < -0.4 is 10.6 Å². The van der Waals surface area contributed by atoms with Crippen LogP contribution in [-0.4, -0.2) is 20.1 Å². The van der Waals surface area contributed by atoms with Crippen molar-refractivity contribution < 1.29 is 0 Å². The fourth-order valence-corrected chi connectivity index (χ4v) is 1.76. The molecule has 1 rings (SSSR count). The predicted molar refractivity (Wildman–Crippen MR) is 61.3 cm³/mol. The summed E-state index contributed by atoms with van der Waals surface area (Å²) in [7, 11) is 4.09. The van der Waals surface area contributed by atoms with Crippen LogP contribution in [-0.2, 0) is 0 Å². The average Bonchev–Trinajstić information content (AvgIpc) is 2.48. The van der Waals surface area contributed by atoms with Crippen molar-refractivity contribution in [2.75, 3.05) is 19.0 Å². The van der Waals surface area contributed by atoms with Gasteiger partial charge in [0.2, 0.25) is 0 Å². The van der Waals surface area contributed by atoms with Crippen molar-refractivity contribution in [1.29, 1.82) is 0 Å². The lowest BCUT2D eigenvalue weighted by atomic mass is 10.3. The lowest BCUT2D eigenvalue weighted by molar-refractivity contribution is 0.931. The zero-order valence-corrected chi connectivity index (χ0v) is 9.14. The summed E-state index contributed by atoms with van der Waals surface area (Å²) in [4.78, 5) is 3.36. The molecule has 1 unspecified atom stereocenters. The Bertz CT molecular complexity index is 287. The van der Waals surface area contributed by atoms with E-state index in [0.29, 0.717) is 0 Å². The van der Waals surface area contributed by atoms with E-state index in [4.69, 9.17) is 5.73 Å². The summed E-state index contributed by atoms with van der Waals surface area (Å²) in [6.45, 7) is 1.97. The molecule has 1 aromatic heterocycles. The lowest BCUT2D eigenvalue weighted by Gasteiger charge is -2.06. The van der Waals surface area contributed by atoms with Crippen LogP contribution in [0.5, 0.6) is 0 Å². The van der Waals surface area contributed by atoms with Crippen molar-refractivity contribution in [1.82, 2.24) is 0 Å². The number of nitrogens with zero attached hydrogens (tertiary/aromatic N) is 1. The van der Waals surface area contributed by atoms with E-state index in [9.17, 15) is 0 Å². The molecule has 0 spiro atoms. The molecular weight excluding hydrogens is 180 g/mol. The van der Waals surface area contributed by atoms with Crippen molar-refractivity contribution in [2.45, 2.75) is 13.0 Å². The summed E-state index contributed by atoms with van der Waals surface area (Å²) in [5.41, 5.74) is 5.61. The first-order chi connectivity index (χ1) is 6.09. The quantitative estimate of drug-likeness (QED) is 0.803. The molecule has 1 atom stereocenters. The summed E-state index contributed by atoms with van der Waals surface area (Å²) in [5, 5.41) is 1.27. The largest absolute Gasteiger partial charge is 0.370 e. The van der Waals surface area contributed by atoms with Crippen LogP contribution in [0.25, 0.3) is 6.08 Å². The molecule has 1 heterocycles. The van der Waals surface area contributed by atoms with E-state index < -0.39 is 0 Å². The standard InChI is InChI=1S/C10H16N2S/c1-8(11)4-5-9-6-7-10(13-9)12(2)3/h4-8H,11H2,1-3H3/b5-4+. The van der Waals surface area contributed by atoms with Crippen LogP contribution in [0.3, 0.4) is 0 Å². The first-order valence-electron chi connectivity index (χ1n) is 4.30. The molecule has 0 fully saturated rings. The Kier molecular flexibility index (Phi) is 3.51. The van der Waals surface area contributed by atoms with Crippen LogP contribution >= 0.6 is 11.3 Å². The van der Waals surface area contributed by atoms with E-state index in [1.54, 1.807) is 11.3 Å². The Morgan fingerprint density at radius 3 is 2.62 bits per heavy atom. The van der Waals surface area contributed by atoms with E-state index >= 15 is 0 Å². The first-order valence-corrected chi connectivity index (χ1v) is 5.12. The summed E-state index contributed by atoms with van der Waals surface area (Å²) >= 11 is 1.77. The predicted octanol–water partition coefficient (Wildman–Crippen LogP) is 2.17. The van der Waals surface area contributed by atoms with Gasteiger partial charge in [-0.15, -0.1) is 11.3 Å². The highest BCUT2D eigenvalue weighted by Gasteiger charge is 1.98. The monoisotopic (exact) mass is 196 g/mol. The van der Waals surface area contributed by atoms with Gasteiger partial charge in [0.05, 0.1) is 5.00 Å². The van der Waals surface area contributed by atoms with E-state index in [0.717, 1.165) is 0 Å². The fourth-order valence-electron chi connectivity index (χ4n) is 0.919. The van der Waals surface area contributed by atoms with Gasteiger partial charge < -0.3 is 10.6 Å². The van der Waals surface area contributed by atoms with Crippen LogP contribution in [0.4, 0.5) is 5.00 Å². The molecule has 13 heavy (non-hydrogen) atoms. The van der Waals surface area contributed by atoms with Crippen molar-refractivity contribution in [3.8, 4) is 0 Å². The molecule has 0 bridgehead atoms. The second kappa shape index (κ2) is 4.44. The smallest absolute Gasteiger partial charge is 0.0909 e. The number of thiophene rings is 1. The summed E-state index contributed by atoms with van der Waals surface area (Å²) in [5.74, 6) is 0. The van der Waals surface area contributed by atoms with Crippen molar-refractivity contribution in [3.05, 3.63) is 23.1 Å². The van der Waals surface area contributed by atoms with Crippen molar-refractivity contribution in [2.24, 2.45) is 5.73 Å². The molecule has 3 heteroatoms. The van der Waals surface area contributed by atoms with Gasteiger partial charge in [0.1, 0.15) is 0 Å². The van der Waals surface area contributed by atoms with Gasteiger partial charge in [-0.25, -0.2) is 0 Å². The number of rotatable bonds is 3. The number of nitrogens with two attached hydrogens (primary N) is 1. The Hall–Kier alpha value is -0.800. The van der Waals surface area contributed by atoms with Crippen LogP contribution in [0.2, 0.25) is 0 Å². The van der Waals surface area contributed by atoms with Gasteiger partial charge in [-0.2, -0.15) is 0 Å². The molecule has 0 saturated carbocycles. The van der Waals surface area contributed by atoms with Gasteiger partial charge >= 0.3 is 0 Å². The van der Waals surface area contributed by atoms with Crippen LogP contribution in [0, 0.1) is 0 Å². The maximum absolute atomic E-state index is 5.61. The topological polar surface area (TPSA) is 29.3 Å². The third kappa shape index (κ3) is 3.20. The highest BCUT2D eigenvalue weighted by Crippen LogP contribution is 2.24. The molecule has 2 N–H and O–H groups in total. The van der Waals surface area contributed by atoms with Gasteiger partial charge in [0.25, 0.3) is 0 Å². The Morgan fingerprint density at radius 1 is 1.46 bits per heavy atom. The third-order valence-electron chi connectivity index (χ3n) is 1.62. The average molecular weight is 196 g/mol. The minimum atomic E-state index is 0.130. The summed E-state index contributed by atoms with van der Waals surface area (Å²) < 4.78 is 0. The molecule has 0 aliphatic carbocycles. The molecule has 0 amide bonds. The highest BCUT2D eigenvalue weighted by atomic mass is 32.1. The molecule has 0 radical (unpaired) electrons. The van der Waals surface area contributed by atoms with Crippen molar-refractivity contribution >= 4 is 22.4 Å². The Balaban J connectivity index is 2.69. The lowest BCUT2D eigenvalue weighted by Crippen LogP contribution is -2.09. The Labute approximate surface area is 83.7 Å². The third-order valence-corrected chi connectivity index (χ3v) is 2.84. The molecule has 0 aliphatic rings. The Morgan fingerprint density at radius 2 is 2.15 bits per heavy atom. The number of hydrogen-bond donors (Lipinski definition) is 1. The van der Waals surface area contributed by atoms with Gasteiger partial charge in [-0.1, -0.05) is 6.08 Å². The fraction of sp³-hybridized carbons (Fsp3) is 0.400. The molecule has 1 aromatic rings. The zero-order valence-electron chi connectivity index (χ0n) is 8.32. The summed E-state index contributed by atoms with van der Waals surface area (Å²) in [6, 6.07) is 4.36. The van der Waals surface area contributed by atoms with E-state index in [-0.39, 0.29) is 6.04 Å². The molecule has 0 saturated heterocycles. The van der Waals surface area contributed by atoms with E-state index in [2.05, 4.69) is 23.1 Å². The first kappa shape index (κ1) is 10.3. The zero-order chi connectivity index (χ0) is 9.84. The highest BCUT2D eigenvalue weighted by molar-refractivity contribution is 7.16. The van der Waals surface area contributed by atoms with Gasteiger partial charge in [0.15, 0.2) is 0 Å². The van der Waals surface area contributed by atoms with E-state index in [1.165, 1.54) is 9.88 Å². The SMILES string of the molecule is CC(N)/C=C/c1ccc(N(C)C)s1. The van der Waals surface area contributed by atoms with Gasteiger partial charge in [-0.05, 0) is 25.1 Å². The molecule has 72 valence electrons. The van der Waals surface area contributed by atoms with Crippen LogP contribution in [0.15, 0.2) is 18.2 Å². The van der Waals surface area contributed by atoms with E-state index in [1.807, 2.05) is 27.1 Å². The van der Waals surface area contributed by atoms with Gasteiger partial charge in [-0.3, -0.25) is 0 Å². The second-order valence-electron chi connectivity index (χ2n) is 3.29. The molecule has 2 nitrogen and oxygen atoms in total. The maximum Gasteiger partial charge on any atom is 0.0909 e. The molecule has 0 aliphatic heterocycles. The maximum atomic E-state index is 5.61. The number of anilines is 1. The normalized spacial score (nSPS) is 13.5. The minimum Gasteiger partial charge on any atom is -0.370 e. The molecular formula is C10H16N2S. The van der Waals surface area contributed by atoms with Crippen molar-refractivity contribution in [3.63, 3.8) is 0 Å². The minimum absolute atomic E-state index is 0.130. The summed E-state index contributed by atoms with van der Waals surface area (Å²) in [6.07, 6.45) is 4.08. The van der Waals surface area contributed by atoms with Gasteiger partial charge in [0, 0.05) is 25.0 Å². The van der Waals surface area contributed by atoms with Crippen LogP contribution in [0.1, 0.15) is 11.8 Å².